The summed E-state index contributed by atoms with van der Waals surface area (Å²) < 4.78 is 13.3. The molecule has 0 radical (unpaired) electrons. The van der Waals surface area contributed by atoms with Crippen LogP contribution in [-0.2, 0) is 11.3 Å². The zero-order chi connectivity index (χ0) is 15.7. The quantitative estimate of drug-likeness (QED) is 0.840. The Bertz CT molecular complexity index is 760. The van der Waals surface area contributed by atoms with Gasteiger partial charge in [-0.3, -0.25) is 9.59 Å². The number of Topliss-reactive ketones (excluding diaryl/α,β-unsaturated/α-hetero) is 1. The van der Waals surface area contributed by atoms with Gasteiger partial charge in [-0.05, 0) is 29.8 Å². The second-order valence-electron chi connectivity index (χ2n) is 5.17. The van der Waals surface area contributed by atoms with Crippen molar-refractivity contribution in [1.29, 1.82) is 0 Å². The molecule has 0 bridgehead atoms. The molecule has 2 aromatic carbocycles. The van der Waals surface area contributed by atoms with Crippen molar-refractivity contribution in [3.63, 3.8) is 0 Å². The van der Waals surface area contributed by atoms with Crippen LogP contribution in [0.5, 0.6) is 0 Å². The van der Waals surface area contributed by atoms with Crippen LogP contribution in [0.3, 0.4) is 0 Å². The van der Waals surface area contributed by atoms with Crippen molar-refractivity contribution in [3.05, 3.63) is 64.4 Å². The molecule has 5 heteroatoms. The molecule has 0 saturated carbocycles. The highest BCUT2D eigenvalue weighted by atomic mass is 35.5. The summed E-state index contributed by atoms with van der Waals surface area (Å²) in [4.78, 5) is 26.0. The number of benzene rings is 2. The van der Waals surface area contributed by atoms with Crippen LogP contribution in [0.2, 0.25) is 5.02 Å². The molecule has 0 spiro atoms. The molecular weight excluding hydrogens is 305 g/mol. The minimum absolute atomic E-state index is 0.0177. The Morgan fingerprint density at radius 1 is 1.09 bits per heavy atom. The van der Waals surface area contributed by atoms with Crippen LogP contribution >= 0.6 is 11.6 Å². The Morgan fingerprint density at radius 2 is 1.86 bits per heavy atom. The fraction of sp³-hybridized carbons (Fsp3) is 0.176. The van der Waals surface area contributed by atoms with Gasteiger partial charge < -0.3 is 4.90 Å². The molecule has 2 aromatic rings. The smallest absolute Gasteiger partial charge is 0.227 e. The van der Waals surface area contributed by atoms with Crippen molar-refractivity contribution >= 4 is 29.0 Å². The maximum Gasteiger partial charge on any atom is 0.227 e. The highest BCUT2D eigenvalue weighted by Crippen LogP contribution is 2.29. The number of carbonyl (C=O) groups is 2. The molecule has 1 amide bonds. The van der Waals surface area contributed by atoms with Gasteiger partial charge in [0.25, 0.3) is 0 Å². The molecule has 3 nitrogen and oxygen atoms in total. The lowest BCUT2D eigenvalue weighted by atomic mass is 10.1. The SMILES string of the molecule is O=C1CCC(=O)N(Cc2ccc(F)c(Cl)c2)c2ccccc21. The maximum atomic E-state index is 13.3. The van der Waals surface area contributed by atoms with Crippen LogP contribution in [0.1, 0.15) is 28.8 Å². The van der Waals surface area contributed by atoms with Gasteiger partial charge in [-0.2, -0.15) is 0 Å². The summed E-state index contributed by atoms with van der Waals surface area (Å²) in [6.07, 6.45) is 0.374. The molecule has 0 fully saturated rings. The van der Waals surface area contributed by atoms with Crippen molar-refractivity contribution in [2.75, 3.05) is 4.90 Å². The summed E-state index contributed by atoms with van der Waals surface area (Å²) >= 11 is 5.79. The highest BCUT2D eigenvalue weighted by Gasteiger charge is 2.26. The molecule has 0 aromatic heterocycles. The van der Waals surface area contributed by atoms with Crippen molar-refractivity contribution in [3.8, 4) is 0 Å². The number of nitrogens with zero attached hydrogens (tertiary/aromatic N) is 1. The molecule has 0 aliphatic carbocycles. The molecule has 0 unspecified atom stereocenters. The van der Waals surface area contributed by atoms with Gasteiger partial charge in [-0.1, -0.05) is 29.8 Å². The fourth-order valence-corrected chi connectivity index (χ4v) is 2.77. The van der Waals surface area contributed by atoms with E-state index >= 15 is 0 Å². The molecule has 3 rings (SSSR count). The Labute approximate surface area is 132 Å². The summed E-state index contributed by atoms with van der Waals surface area (Å²) in [5.74, 6) is -0.662. The predicted molar refractivity (Wildman–Crippen MR) is 82.6 cm³/mol. The van der Waals surface area contributed by atoms with E-state index in [9.17, 15) is 14.0 Å². The zero-order valence-corrected chi connectivity index (χ0v) is 12.4. The number of fused-ring (bicyclic) bond motifs is 1. The molecule has 112 valence electrons. The Kier molecular flexibility index (Phi) is 3.94. The lowest BCUT2D eigenvalue weighted by Crippen LogP contribution is -2.29. The van der Waals surface area contributed by atoms with Crippen LogP contribution in [0.15, 0.2) is 42.5 Å². The first-order valence-corrected chi connectivity index (χ1v) is 7.30. The van der Waals surface area contributed by atoms with Gasteiger partial charge in [0.2, 0.25) is 5.91 Å². The summed E-state index contributed by atoms with van der Waals surface area (Å²) in [5, 5.41) is 0.0177. The number of anilines is 1. The maximum absolute atomic E-state index is 13.3. The topological polar surface area (TPSA) is 37.4 Å². The van der Waals surface area contributed by atoms with Crippen LogP contribution in [-0.4, -0.2) is 11.7 Å². The van der Waals surface area contributed by atoms with Crippen molar-refractivity contribution in [2.45, 2.75) is 19.4 Å². The highest BCUT2D eigenvalue weighted by molar-refractivity contribution is 6.30. The van der Waals surface area contributed by atoms with E-state index in [1.807, 2.05) is 0 Å². The van der Waals surface area contributed by atoms with E-state index in [0.29, 0.717) is 16.8 Å². The second kappa shape index (κ2) is 5.89. The minimum atomic E-state index is -0.497. The van der Waals surface area contributed by atoms with Gasteiger partial charge in [0.05, 0.1) is 17.3 Å². The standard InChI is InChI=1S/C17H13ClFNO2/c18-13-9-11(5-6-14(13)19)10-20-15-4-2-1-3-12(15)16(21)7-8-17(20)22/h1-6,9H,7-8,10H2. The number of amides is 1. The van der Waals surface area contributed by atoms with Crippen LogP contribution in [0.25, 0.3) is 0 Å². The van der Waals surface area contributed by atoms with E-state index in [0.717, 1.165) is 0 Å². The Balaban J connectivity index is 2.00. The third-order valence-corrected chi connectivity index (χ3v) is 3.98. The lowest BCUT2D eigenvalue weighted by molar-refractivity contribution is -0.118. The average molecular weight is 318 g/mol. The molecule has 0 saturated heterocycles. The number of para-hydroxylation sites is 1. The van der Waals surface area contributed by atoms with E-state index in [2.05, 4.69) is 0 Å². The molecule has 1 aliphatic heterocycles. The van der Waals surface area contributed by atoms with E-state index in [1.165, 1.54) is 12.1 Å². The van der Waals surface area contributed by atoms with Gasteiger partial charge >= 0.3 is 0 Å². The Hall–Kier alpha value is -2.20. The third kappa shape index (κ3) is 2.74. The predicted octanol–water partition coefficient (Wildman–Crippen LogP) is 3.99. The fourth-order valence-electron chi connectivity index (χ4n) is 2.56. The molecule has 22 heavy (non-hydrogen) atoms. The van der Waals surface area contributed by atoms with Crippen molar-refractivity contribution in [1.82, 2.24) is 0 Å². The summed E-state index contributed by atoms with van der Waals surface area (Å²) in [5.41, 5.74) is 1.85. The van der Waals surface area contributed by atoms with Gasteiger partial charge in [0.1, 0.15) is 5.82 Å². The third-order valence-electron chi connectivity index (χ3n) is 3.69. The minimum Gasteiger partial charge on any atom is -0.307 e. The van der Waals surface area contributed by atoms with Gasteiger partial charge in [0, 0.05) is 18.4 Å². The molecule has 0 atom stereocenters. The summed E-state index contributed by atoms with van der Waals surface area (Å²) in [6, 6.07) is 11.4. The van der Waals surface area contributed by atoms with Crippen LogP contribution in [0.4, 0.5) is 10.1 Å². The number of rotatable bonds is 2. The van der Waals surface area contributed by atoms with Crippen LogP contribution < -0.4 is 4.90 Å². The van der Waals surface area contributed by atoms with E-state index in [-0.39, 0.29) is 36.1 Å². The first-order valence-electron chi connectivity index (χ1n) is 6.93. The van der Waals surface area contributed by atoms with E-state index in [4.69, 9.17) is 11.6 Å². The van der Waals surface area contributed by atoms with Gasteiger partial charge in [-0.25, -0.2) is 4.39 Å². The summed E-state index contributed by atoms with van der Waals surface area (Å²) in [7, 11) is 0. The van der Waals surface area contributed by atoms with Crippen molar-refractivity contribution in [2.24, 2.45) is 0 Å². The molecule has 1 heterocycles. The van der Waals surface area contributed by atoms with E-state index < -0.39 is 5.82 Å². The van der Waals surface area contributed by atoms with E-state index in [1.54, 1.807) is 35.2 Å². The average Bonchev–Trinajstić information content (AvgIpc) is 2.63. The second-order valence-corrected chi connectivity index (χ2v) is 5.58. The zero-order valence-electron chi connectivity index (χ0n) is 11.7. The summed E-state index contributed by atoms with van der Waals surface area (Å²) in [6.45, 7) is 0.253. The molecule has 0 N–H and O–H groups in total. The number of halogens is 2. The molecule has 1 aliphatic rings. The monoisotopic (exact) mass is 317 g/mol. The van der Waals surface area contributed by atoms with Gasteiger partial charge in [-0.15, -0.1) is 0 Å². The number of hydrogen-bond donors (Lipinski definition) is 0. The lowest BCUT2D eigenvalue weighted by Gasteiger charge is -2.22. The Morgan fingerprint density at radius 3 is 2.64 bits per heavy atom. The number of hydrogen-bond acceptors (Lipinski definition) is 2. The number of carbonyl (C=O) groups excluding carboxylic acids is 2. The first kappa shape index (κ1) is 14.7. The normalized spacial score (nSPS) is 14.7. The van der Waals surface area contributed by atoms with Gasteiger partial charge in [0.15, 0.2) is 5.78 Å². The largest absolute Gasteiger partial charge is 0.307 e. The number of ketones is 1. The van der Waals surface area contributed by atoms with Crippen LogP contribution in [0, 0.1) is 5.82 Å². The van der Waals surface area contributed by atoms with Crippen molar-refractivity contribution < 1.29 is 14.0 Å². The molecular formula is C17H13ClFNO2. The first-order chi connectivity index (χ1) is 10.6.